The monoisotopic (exact) mass is 258 g/mol. The van der Waals surface area contributed by atoms with E-state index in [0.717, 1.165) is 25.8 Å². The van der Waals surface area contributed by atoms with E-state index in [9.17, 15) is 0 Å². The van der Waals surface area contributed by atoms with Gasteiger partial charge in [-0.05, 0) is 31.9 Å². The van der Waals surface area contributed by atoms with Crippen LogP contribution in [0.4, 0.5) is 0 Å². The molecule has 0 aliphatic heterocycles. The van der Waals surface area contributed by atoms with Gasteiger partial charge in [0.15, 0.2) is 0 Å². The highest BCUT2D eigenvalue weighted by atomic mass is 15.4. The minimum Gasteiger partial charge on any atom is -0.313 e. The Morgan fingerprint density at radius 3 is 2.74 bits per heavy atom. The lowest BCUT2D eigenvalue weighted by Crippen LogP contribution is -2.17. The molecule has 0 spiro atoms. The molecule has 0 fully saturated rings. The fourth-order valence-electron chi connectivity index (χ4n) is 2.33. The Labute approximate surface area is 114 Å². The molecule has 4 nitrogen and oxygen atoms in total. The molecule has 102 valence electrons. The Bertz CT molecular complexity index is 478. The van der Waals surface area contributed by atoms with Crippen molar-refractivity contribution in [3.05, 3.63) is 47.8 Å². The van der Waals surface area contributed by atoms with Crippen molar-refractivity contribution in [2.24, 2.45) is 0 Å². The van der Waals surface area contributed by atoms with Crippen LogP contribution in [-0.2, 0) is 13.0 Å². The Morgan fingerprint density at radius 2 is 2.05 bits per heavy atom. The zero-order valence-electron chi connectivity index (χ0n) is 11.7. The van der Waals surface area contributed by atoms with Crippen LogP contribution in [-0.4, -0.2) is 22.0 Å². The average Bonchev–Trinajstić information content (AvgIpc) is 2.89. The molecule has 0 aliphatic carbocycles. The highest BCUT2D eigenvalue weighted by Gasteiger charge is 2.11. The lowest BCUT2D eigenvalue weighted by Gasteiger charge is -2.16. The van der Waals surface area contributed by atoms with E-state index in [-0.39, 0.29) is 0 Å². The lowest BCUT2D eigenvalue weighted by molar-refractivity contribution is 0.511. The summed E-state index contributed by atoms with van der Waals surface area (Å²) in [6, 6.07) is 10.9. The van der Waals surface area contributed by atoms with Crippen molar-refractivity contribution >= 4 is 0 Å². The third-order valence-corrected chi connectivity index (χ3v) is 3.37. The van der Waals surface area contributed by atoms with Gasteiger partial charge in [-0.15, -0.1) is 5.10 Å². The Hall–Kier alpha value is -1.68. The number of benzene rings is 1. The van der Waals surface area contributed by atoms with Gasteiger partial charge in [0, 0.05) is 12.6 Å². The largest absolute Gasteiger partial charge is 0.313 e. The van der Waals surface area contributed by atoms with E-state index in [0.29, 0.717) is 6.04 Å². The summed E-state index contributed by atoms with van der Waals surface area (Å²) in [7, 11) is 2.01. The smallest absolute Gasteiger partial charge is 0.0725 e. The van der Waals surface area contributed by atoms with E-state index in [1.54, 1.807) is 0 Å². The van der Waals surface area contributed by atoms with E-state index in [1.165, 1.54) is 11.3 Å². The van der Waals surface area contributed by atoms with Crippen LogP contribution >= 0.6 is 0 Å². The third kappa shape index (κ3) is 3.64. The normalized spacial score (nSPS) is 12.5. The van der Waals surface area contributed by atoms with Crippen LogP contribution in [0.5, 0.6) is 0 Å². The van der Waals surface area contributed by atoms with E-state index in [4.69, 9.17) is 0 Å². The van der Waals surface area contributed by atoms with Gasteiger partial charge in [0.1, 0.15) is 0 Å². The molecule has 1 heterocycles. The summed E-state index contributed by atoms with van der Waals surface area (Å²) in [6.45, 7) is 3.11. The minimum atomic E-state index is 0.381. The number of rotatable bonds is 7. The molecule has 1 aromatic carbocycles. The summed E-state index contributed by atoms with van der Waals surface area (Å²) < 4.78 is 2.01. The molecule has 1 N–H and O–H groups in total. The van der Waals surface area contributed by atoms with Gasteiger partial charge in [0.2, 0.25) is 0 Å². The number of aromatic nitrogens is 3. The summed E-state index contributed by atoms with van der Waals surface area (Å²) in [6.07, 6.45) is 5.02. The van der Waals surface area contributed by atoms with E-state index >= 15 is 0 Å². The van der Waals surface area contributed by atoms with Crippen LogP contribution in [0, 0.1) is 0 Å². The topological polar surface area (TPSA) is 42.7 Å². The lowest BCUT2D eigenvalue weighted by atomic mass is 10.0. The van der Waals surface area contributed by atoms with Crippen molar-refractivity contribution in [3.8, 4) is 0 Å². The Balaban J connectivity index is 1.98. The molecule has 1 aromatic heterocycles. The van der Waals surface area contributed by atoms with Gasteiger partial charge in [-0.25, -0.2) is 4.68 Å². The SMILES string of the molecule is CCCn1nncc1CCC(NC)c1ccccc1. The second-order valence-corrected chi connectivity index (χ2v) is 4.74. The maximum Gasteiger partial charge on any atom is 0.0725 e. The predicted molar refractivity (Wildman–Crippen MR) is 76.9 cm³/mol. The van der Waals surface area contributed by atoms with Gasteiger partial charge in [0.05, 0.1) is 11.9 Å². The minimum absolute atomic E-state index is 0.381. The zero-order chi connectivity index (χ0) is 13.5. The molecule has 2 aromatic rings. The van der Waals surface area contributed by atoms with Crippen LogP contribution in [0.1, 0.15) is 37.1 Å². The highest BCUT2D eigenvalue weighted by Crippen LogP contribution is 2.18. The highest BCUT2D eigenvalue weighted by molar-refractivity contribution is 5.19. The maximum absolute atomic E-state index is 4.13. The van der Waals surface area contributed by atoms with Gasteiger partial charge < -0.3 is 5.32 Å². The van der Waals surface area contributed by atoms with Crippen molar-refractivity contribution in [3.63, 3.8) is 0 Å². The first-order chi connectivity index (χ1) is 9.35. The molecule has 0 saturated heterocycles. The second kappa shape index (κ2) is 7.04. The fraction of sp³-hybridized carbons (Fsp3) is 0.467. The zero-order valence-corrected chi connectivity index (χ0v) is 11.7. The molecule has 2 rings (SSSR count). The second-order valence-electron chi connectivity index (χ2n) is 4.74. The van der Waals surface area contributed by atoms with Gasteiger partial charge in [0.25, 0.3) is 0 Å². The first-order valence-corrected chi connectivity index (χ1v) is 6.94. The van der Waals surface area contributed by atoms with Gasteiger partial charge in [-0.1, -0.05) is 42.5 Å². The molecule has 0 amide bonds. The summed E-state index contributed by atoms with van der Waals surface area (Å²) in [5.41, 5.74) is 2.55. The number of hydrogen-bond acceptors (Lipinski definition) is 3. The summed E-state index contributed by atoms with van der Waals surface area (Å²) in [4.78, 5) is 0. The third-order valence-electron chi connectivity index (χ3n) is 3.37. The first-order valence-electron chi connectivity index (χ1n) is 6.94. The van der Waals surface area contributed by atoms with Crippen LogP contribution in [0.25, 0.3) is 0 Å². The molecule has 0 radical (unpaired) electrons. The molecule has 1 atom stereocenters. The van der Waals surface area contributed by atoms with E-state index in [1.807, 2.05) is 17.9 Å². The fourth-order valence-corrected chi connectivity index (χ4v) is 2.33. The first kappa shape index (κ1) is 13.7. The summed E-state index contributed by atoms with van der Waals surface area (Å²) in [5.74, 6) is 0. The van der Waals surface area contributed by atoms with Gasteiger partial charge in [-0.3, -0.25) is 0 Å². The predicted octanol–water partition coefficient (Wildman–Crippen LogP) is 2.58. The molecule has 1 unspecified atom stereocenters. The molecular weight excluding hydrogens is 236 g/mol. The number of hydrogen-bond donors (Lipinski definition) is 1. The Morgan fingerprint density at radius 1 is 1.26 bits per heavy atom. The van der Waals surface area contributed by atoms with Gasteiger partial charge in [-0.2, -0.15) is 0 Å². The molecule has 0 bridgehead atoms. The summed E-state index contributed by atoms with van der Waals surface area (Å²) in [5, 5.41) is 11.5. The van der Waals surface area contributed by atoms with Crippen LogP contribution in [0.15, 0.2) is 36.5 Å². The van der Waals surface area contributed by atoms with Crippen molar-refractivity contribution in [1.29, 1.82) is 0 Å². The number of nitrogens with zero attached hydrogens (tertiary/aromatic N) is 3. The van der Waals surface area contributed by atoms with E-state index in [2.05, 4.69) is 52.9 Å². The molecule has 4 heteroatoms. The van der Waals surface area contributed by atoms with E-state index < -0.39 is 0 Å². The summed E-state index contributed by atoms with van der Waals surface area (Å²) >= 11 is 0. The quantitative estimate of drug-likeness (QED) is 0.830. The van der Waals surface area contributed by atoms with Crippen LogP contribution in [0.2, 0.25) is 0 Å². The standard InChI is InChI=1S/C15H22N4/c1-3-11-19-14(12-17-18-19)9-10-15(16-2)13-7-5-4-6-8-13/h4-8,12,15-16H,3,9-11H2,1-2H3. The van der Waals surface area contributed by atoms with Crippen molar-refractivity contribution < 1.29 is 0 Å². The number of aryl methyl sites for hydroxylation is 2. The molecule has 0 saturated carbocycles. The van der Waals surface area contributed by atoms with Gasteiger partial charge >= 0.3 is 0 Å². The van der Waals surface area contributed by atoms with Crippen molar-refractivity contribution in [2.45, 2.75) is 38.8 Å². The number of nitrogens with one attached hydrogen (secondary N) is 1. The molecule has 19 heavy (non-hydrogen) atoms. The van der Waals surface area contributed by atoms with Crippen molar-refractivity contribution in [1.82, 2.24) is 20.3 Å². The van der Waals surface area contributed by atoms with Crippen LogP contribution in [0.3, 0.4) is 0 Å². The maximum atomic E-state index is 4.13. The Kier molecular flexibility index (Phi) is 5.10. The molecule has 0 aliphatic rings. The van der Waals surface area contributed by atoms with Crippen LogP contribution < -0.4 is 5.32 Å². The van der Waals surface area contributed by atoms with Crippen molar-refractivity contribution in [2.75, 3.05) is 7.05 Å². The average molecular weight is 258 g/mol. The molecular formula is C15H22N4.